The van der Waals surface area contributed by atoms with Crippen molar-refractivity contribution in [2.24, 2.45) is 0 Å². The number of pyridine rings is 2. The van der Waals surface area contributed by atoms with E-state index in [9.17, 15) is 0 Å². The lowest BCUT2D eigenvalue weighted by molar-refractivity contribution is 1.23. The Morgan fingerprint density at radius 1 is 1.17 bits per heavy atom. The molecule has 0 aliphatic heterocycles. The number of allylic oxidation sites excluding steroid dienone is 1. The first-order valence-corrected chi connectivity index (χ1v) is 5.72. The molecule has 0 unspecified atom stereocenters. The minimum atomic E-state index is 0.417. The molecule has 0 atom stereocenters. The topological polar surface area (TPSA) is 49.6 Å². The van der Waals surface area contributed by atoms with Gasteiger partial charge in [-0.15, -0.1) is 0 Å². The van der Waals surface area contributed by atoms with Gasteiger partial charge in [0, 0.05) is 12.4 Å². The highest BCUT2D eigenvalue weighted by Crippen LogP contribution is 2.17. The Morgan fingerprint density at radius 2 is 1.89 bits per heavy atom. The molecule has 2 aromatic heterocycles. The van der Waals surface area contributed by atoms with E-state index in [-0.39, 0.29) is 0 Å². The summed E-state index contributed by atoms with van der Waals surface area (Å²) in [6, 6.07) is 9.92. The van der Waals surface area contributed by atoms with Gasteiger partial charge in [0.1, 0.15) is 0 Å². The van der Waals surface area contributed by atoms with E-state index in [4.69, 9.17) is 5.26 Å². The van der Waals surface area contributed by atoms with E-state index in [1.165, 1.54) is 0 Å². The van der Waals surface area contributed by atoms with Crippen LogP contribution < -0.4 is 0 Å². The van der Waals surface area contributed by atoms with E-state index >= 15 is 0 Å². The summed E-state index contributed by atoms with van der Waals surface area (Å²) in [6.45, 7) is 2.03. The third-order valence-corrected chi connectivity index (χ3v) is 2.48. The smallest absolute Gasteiger partial charge is 0.0892 e. The zero-order valence-electron chi connectivity index (χ0n) is 10.2. The normalized spacial score (nSPS) is 10.4. The van der Waals surface area contributed by atoms with Gasteiger partial charge in [-0.2, -0.15) is 5.26 Å². The predicted molar refractivity (Wildman–Crippen MR) is 71.5 cm³/mol. The number of rotatable bonds is 3. The Bertz CT molecular complexity index is 609. The van der Waals surface area contributed by atoms with Crippen molar-refractivity contribution in [2.45, 2.75) is 13.3 Å². The molecule has 0 spiro atoms. The maximum absolute atomic E-state index is 8.48. The lowest BCUT2D eigenvalue weighted by Gasteiger charge is -2.02. The molecular formula is C15H13N3. The van der Waals surface area contributed by atoms with E-state index < -0.39 is 0 Å². The molecule has 0 amide bonds. The first kappa shape index (κ1) is 12.0. The number of hydrogen-bond donors (Lipinski definition) is 0. The average molecular weight is 235 g/mol. The fourth-order valence-corrected chi connectivity index (χ4v) is 1.61. The van der Waals surface area contributed by atoms with Crippen molar-refractivity contribution in [3.63, 3.8) is 0 Å². The zero-order valence-corrected chi connectivity index (χ0v) is 10.2. The number of hydrogen-bond acceptors (Lipinski definition) is 3. The molecule has 0 bridgehead atoms. The monoisotopic (exact) mass is 235 g/mol. The Hall–Kier alpha value is -2.47. The van der Waals surface area contributed by atoms with Crippen LogP contribution in [0.4, 0.5) is 0 Å². The molecule has 0 aromatic carbocycles. The number of nitriles is 1. The third kappa shape index (κ3) is 3.02. The Morgan fingerprint density at radius 3 is 2.61 bits per heavy atom. The third-order valence-electron chi connectivity index (χ3n) is 2.48. The molecule has 88 valence electrons. The highest BCUT2D eigenvalue weighted by molar-refractivity contribution is 5.60. The summed E-state index contributed by atoms with van der Waals surface area (Å²) >= 11 is 0. The largest absolute Gasteiger partial charge is 0.255 e. The van der Waals surface area contributed by atoms with Gasteiger partial charge < -0.3 is 0 Å². The van der Waals surface area contributed by atoms with Gasteiger partial charge in [0.2, 0.25) is 0 Å². The lowest BCUT2D eigenvalue weighted by atomic mass is 10.1. The molecule has 18 heavy (non-hydrogen) atoms. The molecular weight excluding hydrogens is 222 g/mol. The van der Waals surface area contributed by atoms with Crippen LogP contribution in [-0.4, -0.2) is 9.97 Å². The van der Waals surface area contributed by atoms with Gasteiger partial charge in [-0.05, 0) is 42.3 Å². The van der Waals surface area contributed by atoms with Gasteiger partial charge in [-0.1, -0.05) is 12.2 Å². The Balaban J connectivity index is 2.30. The van der Waals surface area contributed by atoms with Gasteiger partial charge in [0.25, 0.3) is 0 Å². The van der Waals surface area contributed by atoms with Crippen molar-refractivity contribution in [2.75, 3.05) is 0 Å². The molecule has 0 fully saturated rings. The molecule has 0 saturated heterocycles. The van der Waals surface area contributed by atoms with Crippen molar-refractivity contribution in [3.05, 3.63) is 53.9 Å². The maximum Gasteiger partial charge on any atom is 0.0892 e. The zero-order chi connectivity index (χ0) is 12.8. The SMILES string of the molecule is Cc1ccnc(-c2cc(C=CCC#N)ccn2)c1. The Labute approximate surface area is 106 Å². The van der Waals surface area contributed by atoms with Crippen molar-refractivity contribution in [1.82, 2.24) is 9.97 Å². The van der Waals surface area contributed by atoms with Crippen molar-refractivity contribution in [1.29, 1.82) is 5.26 Å². The molecule has 0 saturated carbocycles. The highest BCUT2D eigenvalue weighted by Gasteiger charge is 2.01. The quantitative estimate of drug-likeness (QED) is 0.819. The van der Waals surface area contributed by atoms with E-state index in [0.717, 1.165) is 22.5 Å². The second-order valence-electron chi connectivity index (χ2n) is 3.96. The van der Waals surface area contributed by atoms with Crippen LogP contribution in [0.5, 0.6) is 0 Å². The molecule has 0 radical (unpaired) electrons. The standard InChI is InChI=1S/C15H13N3/c1-12-5-8-17-14(10-12)15-11-13(6-9-18-15)4-2-3-7-16/h2,4-6,8-11H,3H2,1H3. The summed E-state index contributed by atoms with van der Waals surface area (Å²) in [7, 11) is 0. The summed E-state index contributed by atoms with van der Waals surface area (Å²) in [5.41, 5.74) is 3.90. The first-order chi connectivity index (χ1) is 8.79. The van der Waals surface area contributed by atoms with Gasteiger partial charge in [-0.25, -0.2) is 0 Å². The molecule has 3 heteroatoms. The summed E-state index contributed by atoms with van der Waals surface area (Å²) in [6.07, 6.45) is 7.71. The average Bonchev–Trinajstić information content (AvgIpc) is 2.39. The maximum atomic E-state index is 8.48. The molecule has 3 nitrogen and oxygen atoms in total. The molecule has 0 aliphatic rings. The highest BCUT2D eigenvalue weighted by atomic mass is 14.8. The van der Waals surface area contributed by atoms with Crippen LogP contribution in [0.2, 0.25) is 0 Å². The van der Waals surface area contributed by atoms with E-state index in [0.29, 0.717) is 6.42 Å². The van der Waals surface area contributed by atoms with Gasteiger partial charge in [0.05, 0.1) is 23.9 Å². The van der Waals surface area contributed by atoms with Crippen LogP contribution in [0.1, 0.15) is 17.5 Å². The number of aryl methyl sites for hydroxylation is 1. The number of aromatic nitrogens is 2. The van der Waals surface area contributed by atoms with Crippen LogP contribution >= 0.6 is 0 Å². The van der Waals surface area contributed by atoms with Crippen molar-refractivity contribution in [3.8, 4) is 17.5 Å². The second-order valence-corrected chi connectivity index (χ2v) is 3.96. The van der Waals surface area contributed by atoms with Crippen LogP contribution in [0, 0.1) is 18.3 Å². The minimum absolute atomic E-state index is 0.417. The van der Waals surface area contributed by atoms with Crippen LogP contribution in [0.25, 0.3) is 17.5 Å². The molecule has 0 aliphatic carbocycles. The predicted octanol–water partition coefficient (Wildman–Crippen LogP) is 3.38. The van der Waals surface area contributed by atoms with E-state index in [2.05, 4.69) is 16.0 Å². The van der Waals surface area contributed by atoms with Crippen LogP contribution in [-0.2, 0) is 0 Å². The van der Waals surface area contributed by atoms with Crippen LogP contribution in [0.15, 0.2) is 42.7 Å². The fourth-order valence-electron chi connectivity index (χ4n) is 1.61. The van der Waals surface area contributed by atoms with Gasteiger partial charge in [0.15, 0.2) is 0 Å². The minimum Gasteiger partial charge on any atom is -0.255 e. The summed E-state index contributed by atoms with van der Waals surface area (Å²) < 4.78 is 0. The van der Waals surface area contributed by atoms with Crippen molar-refractivity contribution < 1.29 is 0 Å². The Kier molecular flexibility index (Phi) is 3.83. The molecule has 0 N–H and O–H groups in total. The van der Waals surface area contributed by atoms with Crippen LogP contribution in [0.3, 0.4) is 0 Å². The molecule has 2 aromatic rings. The van der Waals surface area contributed by atoms with Gasteiger partial charge >= 0.3 is 0 Å². The number of nitrogens with zero attached hydrogens (tertiary/aromatic N) is 3. The summed E-state index contributed by atoms with van der Waals surface area (Å²) in [5.74, 6) is 0. The summed E-state index contributed by atoms with van der Waals surface area (Å²) in [5, 5.41) is 8.48. The lowest BCUT2D eigenvalue weighted by Crippen LogP contribution is -1.88. The fraction of sp³-hybridized carbons (Fsp3) is 0.133. The van der Waals surface area contributed by atoms with Crippen molar-refractivity contribution >= 4 is 6.08 Å². The summed E-state index contributed by atoms with van der Waals surface area (Å²) in [4.78, 5) is 8.63. The van der Waals surface area contributed by atoms with E-state index in [1.807, 2.05) is 43.3 Å². The van der Waals surface area contributed by atoms with Gasteiger partial charge in [-0.3, -0.25) is 9.97 Å². The first-order valence-electron chi connectivity index (χ1n) is 5.72. The molecule has 2 heterocycles. The van der Waals surface area contributed by atoms with E-state index in [1.54, 1.807) is 12.4 Å². The second kappa shape index (κ2) is 5.74. The molecule has 2 rings (SSSR count).